The molecule has 2 rings (SSSR count). The van der Waals surface area contributed by atoms with Gasteiger partial charge in [0.25, 0.3) is 5.91 Å². The Balaban J connectivity index is 2.36. The van der Waals surface area contributed by atoms with Crippen LogP contribution in [0.5, 0.6) is 0 Å². The quantitative estimate of drug-likeness (QED) is 0.796. The van der Waals surface area contributed by atoms with Crippen molar-refractivity contribution in [2.75, 3.05) is 5.01 Å². The summed E-state index contributed by atoms with van der Waals surface area (Å²) in [6.07, 6.45) is 3.70. The normalized spacial score (nSPS) is 13.8. The molecule has 1 aromatic heterocycles. The Morgan fingerprint density at radius 3 is 2.65 bits per heavy atom. The molecule has 1 amide bonds. The average Bonchev–Trinajstić information content (AvgIpc) is 3.00. The molecule has 0 saturated heterocycles. The Labute approximate surface area is 123 Å². The third kappa shape index (κ3) is 2.99. The molecule has 0 aliphatic rings. The van der Waals surface area contributed by atoms with E-state index in [0.29, 0.717) is 5.69 Å². The van der Waals surface area contributed by atoms with Gasteiger partial charge in [-0.05, 0) is 18.1 Å². The molecule has 20 heavy (non-hydrogen) atoms. The van der Waals surface area contributed by atoms with Crippen LogP contribution >= 0.6 is 11.6 Å². The molecule has 0 aliphatic heterocycles. The molecule has 0 radical (unpaired) electrons. The highest BCUT2D eigenvalue weighted by Crippen LogP contribution is 2.21. The molecule has 0 fully saturated rings. The first-order valence-corrected chi connectivity index (χ1v) is 6.96. The zero-order chi connectivity index (χ0) is 14.5. The molecule has 5 nitrogen and oxygen atoms in total. The summed E-state index contributed by atoms with van der Waals surface area (Å²) in [5.74, 6) is -0.128. The zero-order valence-electron chi connectivity index (χ0n) is 11.5. The number of amides is 1. The van der Waals surface area contributed by atoms with E-state index in [1.165, 1.54) is 22.5 Å². The number of carbonyl (C=O) groups is 1. The van der Waals surface area contributed by atoms with Crippen molar-refractivity contribution < 1.29 is 4.79 Å². The Hall–Kier alpha value is -1.88. The first kappa shape index (κ1) is 14.5. The number of halogens is 1. The van der Waals surface area contributed by atoms with Gasteiger partial charge in [-0.1, -0.05) is 38.5 Å². The van der Waals surface area contributed by atoms with Gasteiger partial charge in [0.1, 0.15) is 18.0 Å². The summed E-state index contributed by atoms with van der Waals surface area (Å²) in [5.41, 5.74) is 0.706. The molecule has 106 valence electrons. The van der Waals surface area contributed by atoms with Gasteiger partial charge in [-0.2, -0.15) is 9.80 Å². The maximum Gasteiger partial charge on any atom is 0.265 e. The number of carbonyl (C=O) groups excluding carboxylic acids is 1. The lowest BCUT2D eigenvalue weighted by Crippen LogP contribution is -2.43. The van der Waals surface area contributed by atoms with Crippen molar-refractivity contribution in [2.45, 2.75) is 25.6 Å². The fourth-order valence-electron chi connectivity index (χ4n) is 1.79. The summed E-state index contributed by atoms with van der Waals surface area (Å²) in [4.78, 5) is 17.9. The second kappa shape index (κ2) is 6.52. The van der Waals surface area contributed by atoms with Crippen LogP contribution in [0.4, 0.5) is 5.69 Å². The molecule has 1 aromatic carbocycles. The highest BCUT2D eigenvalue weighted by molar-refractivity contribution is 6.32. The second-order valence-electron chi connectivity index (χ2n) is 4.59. The summed E-state index contributed by atoms with van der Waals surface area (Å²) in [5, 5.41) is 4.87. The van der Waals surface area contributed by atoms with E-state index < -0.39 is 5.38 Å². The van der Waals surface area contributed by atoms with Gasteiger partial charge in [-0.3, -0.25) is 4.79 Å². The molecule has 0 N–H and O–H groups in total. The number of nitrogens with zero attached hydrogens (tertiary/aromatic N) is 4. The number of aromatic nitrogens is 3. The predicted molar refractivity (Wildman–Crippen MR) is 78.4 cm³/mol. The van der Waals surface area contributed by atoms with Crippen LogP contribution in [0, 0.1) is 5.92 Å². The summed E-state index contributed by atoms with van der Waals surface area (Å²) in [7, 11) is 0. The van der Waals surface area contributed by atoms with Gasteiger partial charge >= 0.3 is 0 Å². The van der Waals surface area contributed by atoms with Crippen molar-refractivity contribution in [3.63, 3.8) is 0 Å². The number of para-hydroxylation sites is 1. The molecule has 0 saturated carbocycles. The first-order valence-electron chi connectivity index (χ1n) is 6.53. The predicted octanol–water partition coefficient (Wildman–Crippen LogP) is 2.73. The van der Waals surface area contributed by atoms with Crippen LogP contribution in [-0.4, -0.2) is 26.2 Å². The minimum Gasteiger partial charge on any atom is -0.271 e. The fraction of sp³-hybridized carbons (Fsp3) is 0.357. The summed E-state index contributed by atoms with van der Waals surface area (Å²) >= 11 is 6.29. The van der Waals surface area contributed by atoms with Gasteiger partial charge in [0, 0.05) is 0 Å². The number of rotatable bonds is 5. The van der Waals surface area contributed by atoms with Gasteiger partial charge in [0.15, 0.2) is 0 Å². The van der Waals surface area contributed by atoms with Crippen LogP contribution < -0.4 is 5.01 Å². The standard InChI is InChI=1S/C14H17ClN4O/c1-3-11(2)13(15)14(20)19(18-10-16-9-17-18)12-7-5-4-6-8-12/h4-11,13H,3H2,1-2H3. The number of hydrogen-bond donors (Lipinski definition) is 0. The average molecular weight is 293 g/mol. The van der Waals surface area contributed by atoms with Crippen molar-refractivity contribution >= 4 is 23.2 Å². The van der Waals surface area contributed by atoms with Gasteiger partial charge in [0.2, 0.25) is 0 Å². The van der Waals surface area contributed by atoms with Crippen molar-refractivity contribution in [3.8, 4) is 0 Å². The molecule has 6 heteroatoms. The van der Waals surface area contributed by atoms with E-state index in [1.807, 2.05) is 44.2 Å². The van der Waals surface area contributed by atoms with E-state index >= 15 is 0 Å². The summed E-state index contributed by atoms with van der Waals surface area (Å²) in [6, 6.07) is 9.28. The lowest BCUT2D eigenvalue weighted by molar-refractivity contribution is -0.119. The van der Waals surface area contributed by atoms with E-state index in [4.69, 9.17) is 11.6 Å². The van der Waals surface area contributed by atoms with Crippen LogP contribution in [-0.2, 0) is 4.79 Å². The number of anilines is 1. The largest absolute Gasteiger partial charge is 0.271 e. The van der Waals surface area contributed by atoms with Gasteiger partial charge in [-0.25, -0.2) is 4.98 Å². The molecule has 2 aromatic rings. The maximum absolute atomic E-state index is 12.6. The molecular weight excluding hydrogens is 276 g/mol. The van der Waals surface area contributed by atoms with E-state index in [0.717, 1.165) is 6.42 Å². The van der Waals surface area contributed by atoms with E-state index in [1.54, 1.807) is 0 Å². The molecule has 2 unspecified atom stereocenters. The molecular formula is C14H17ClN4O. The van der Waals surface area contributed by atoms with E-state index in [2.05, 4.69) is 10.1 Å². The molecule has 0 spiro atoms. The Morgan fingerprint density at radius 2 is 2.10 bits per heavy atom. The Kier molecular flexibility index (Phi) is 4.74. The van der Waals surface area contributed by atoms with Crippen LogP contribution in [0.25, 0.3) is 0 Å². The minimum absolute atomic E-state index is 0.0823. The lowest BCUT2D eigenvalue weighted by atomic mass is 10.0. The third-order valence-electron chi connectivity index (χ3n) is 3.20. The number of hydrogen-bond acceptors (Lipinski definition) is 3. The maximum atomic E-state index is 12.6. The van der Waals surface area contributed by atoms with Crippen LogP contribution in [0.1, 0.15) is 20.3 Å². The molecule has 1 heterocycles. The number of benzene rings is 1. The molecule has 0 bridgehead atoms. The Morgan fingerprint density at radius 1 is 1.40 bits per heavy atom. The van der Waals surface area contributed by atoms with Crippen molar-refractivity contribution in [2.24, 2.45) is 5.92 Å². The Bertz CT molecular complexity index is 544. The zero-order valence-corrected chi connectivity index (χ0v) is 12.2. The minimum atomic E-state index is -0.607. The lowest BCUT2D eigenvalue weighted by Gasteiger charge is -2.26. The number of alkyl halides is 1. The highest BCUT2D eigenvalue weighted by Gasteiger charge is 2.29. The van der Waals surface area contributed by atoms with E-state index in [-0.39, 0.29) is 11.8 Å². The fourth-order valence-corrected chi connectivity index (χ4v) is 2.06. The second-order valence-corrected chi connectivity index (χ2v) is 5.06. The molecule has 0 aliphatic carbocycles. The summed E-state index contributed by atoms with van der Waals surface area (Å²) < 4.78 is 0. The third-order valence-corrected chi connectivity index (χ3v) is 3.82. The van der Waals surface area contributed by atoms with Crippen LogP contribution in [0.3, 0.4) is 0 Å². The van der Waals surface area contributed by atoms with Crippen LogP contribution in [0.15, 0.2) is 43.0 Å². The monoisotopic (exact) mass is 292 g/mol. The SMILES string of the molecule is CCC(C)C(Cl)C(=O)N(c1ccccc1)n1cncn1. The van der Waals surface area contributed by atoms with Crippen molar-refractivity contribution in [1.29, 1.82) is 0 Å². The van der Waals surface area contributed by atoms with Crippen molar-refractivity contribution in [3.05, 3.63) is 43.0 Å². The highest BCUT2D eigenvalue weighted by atomic mass is 35.5. The van der Waals surface area contributed by atoms with Gasteiger partial charge in [-0.15, -0.1) is 16.7 Å². The summed E-state index contributed by atoms with van der Waals surface area (Å²) in [6.45, 7) is 3.97. The van der Waals surface area contributed by atoms with Gasteiger partial charge < -0.3 is 0 Å². The van der Waals surface area contributed by atoms with Gasteiger partial charge in [0.05, 0.1) is 5.69 Å². The first-order chi connectivity index (χ1) is 9.65. The van der Waals surface area contributed by atoms with E-state index in [9.17, 15) is 4.79 Å². The van der Waals surface area contributed by atoms with Crippen LogP contribution in [0.2, 0.25) is 0 Å². The van der Waals surface area contributed by atoms with Crippen molar-refractivity contribution in [1.82, 2.24) is 14.9 Å². The topological polar surface area (TPSA) is 51.0 Å². The molecule has 2 atom stereocenters. The smallest absolute Gasteiger partial charge is 0.265 e.